The number of carbonyl (C=O) groups is 1. The second kappa shape index (κ2) is 7.20. The van der Waals surface area contributed by atoms with Gasteiger partial charge in [-0.25, -0.2) is 4.79 Å². The number of benzene rings is 1. The summed E-state index contributed by atoms with van der Waals surface area (Å²) in [4.78, 5) is 11.7. The predicted molar refractivity (Wildman–Crippen MR) is 82.1 cm³/mol. The third-order valence-corrected chi connectivity index (χ3v) is 2.75. The van der Waals surface area contributed by atoms with Crippen LogP contribution in [-0.4, -0.2) is 32.0 Å². The first-order valence-electron chi connectivity index (χ1n) is 6.95. The van der Waals surface area contributed by atoms with E-state index in [2.05, 4.69) is 5.32 Å². The van der Waals surface area contributed by atoms with Crippen molar-refractivity contribution < 1.29 is 19.0 Å². The average molecular weight is 295 g/mol. The number of hydrogen-bond acceptors (Lipinski definition) is 4. The van der Waals surface area contributed by atoms with Gasteiger partial charge in [-0.1, -0.05) is 6.07 Å². The first kappa shape index (κ1) is 17.1. The average Bonchev–Trinajstić information content (AvgIpc) is 2.35. The summed E-state index contributed by atoms with van der Waals surface area (Å²) in [7, 11) is 3.20. The van der Waals surface area contributed by atoms with Crippen LogP contribution in [0.15, 0.2) is 18.2 Å². The zero-order valence-corrected chi connectivity index (χ0v) is 13.6. The van der Waals surface area contributed by atoms with Crippen LogP contribution >= 0.6 is 0 Å². The molecule has 5 heteroatoms. The van der Waals surface area contributed by atoms with Gasteiger partial charge in [0.1, 0.15) is 5.60 Å². The van der Waals surface area contributed by atoms with Crippen LogP contribution in [0.1, 0.15) is 33.3 Å². The molecule has 1 rings (SSSR count). The molecule has 1 amide bonds. The maximum atomic E-state index is 11.7. The van der Waals surface area contributed by atoms with E-state index in [0.29, 0.717) is 17.9 Å². The molecule has 0 aliphatic carbocycles. The van der Waals surface area contributed by atoms with Crippen LogP contribution in [0.5, 0.6) is 11.5 Å². The lowest BCUT2D eigenvalue weighted by Crippen LogP contribution is -2.38. The fourth-order valence-electron chi connectivity index (χ4n) is 1.92. The second-order valence-corrected chi connectivity index (χ2v) is 5.94. The molecule has 118 valence electrons. The summed E-state index contributed by atoms with van der Waals surface area (Å²) >= 11 is 0. The molecular formula is C16H25NO4. The molecule has 5 nitrogen and oxygen atoms in total. The van der Waals surface area contributed by atoms with E-state index >= 15 is 0 Å². The maximum Gasteiger partial charge on any atom is 0.407 e. The van der Waals surface area contributed by atoms with Crippen molar-refractivity contribution in [3.63, 3.8) is 0 Å². The van der Waals surface area contributed by atoms with Gasteiger partial charge in [0.25, 0.3) is 0 Å². The molecule has 1 atom stereocenters. The molecule has 21 heavy (non-hydrogen) atoms. The third kappa shape index (κ3) is 5.94. The lowest BCUT2D eigenvalue weighted by Gasteiger charge is -2.22. The molecule has 1 aromatic rings. The summed E-state index contributed by atoms with van der Waals surface area (Å²) in [5.41, 5.74) is 0.559. The monoisotopic (exact) mass is 295 g/mol. The van der Waals surface area contributed by atoms with Gasteiger partial charge in [0.15, 0.2) is 11.5 Å². The van der Waals surface area contributed by atoms with Crippen LogP contribution in [0.25, 0.3) is 0 Å². The zero-order chi connectivity index (χ0) is 16.0. The zero-order valence-electron chi connectivity index (χ0n) is 13.6. The summed E-state index contributed by atoms with van der Waals surface area (Å²) in [6, 6.07) is 5.67. The molecule has 0 unspecified atom stereocenters. The number of nitrogens with one attached hydrogen (secondary N) is 1. The Kier molecular flexibility index (Phi) is 5.88. The number of methoxy groups -OCH3 is 2. The third-order valence-electron chi connectivity index (χ3n) is 2.75. The fraction of sp³-hybridized carbons (Fsp3) is 0.562. The summed E-state index contributed by atoms with van der Waals surface area (Å²) in [5.74, 6) is 1.37. The summed E-state index contributed by atoms with van der Waals surface area (Å²) in [6.45, 7) is 7.45. The van der Waals surface area contributed by atoms with Gasteiger partial charge in [0, 0.05) is 6.04 Å². The van der Waals surface area contributed by atoms with Crippen molar-refractivity contribution in [3.05, 3.63) is 23.8 Å². The van der Waals surface area contributed by atoms with Gasteiger partial charge < -0.3 is 19.5 Å². The summed E-state index contributed by atoms with van der Waals surface area (Å²) < 4.78 is 15.7. The Bertz CT molecular complexity index is 480. The lowest BCUT2D eigenvalue weighted by molar-refractivity contribution is 0.0508. The Balaban J connectivity index is 2.62. The first-order chi connectivity index (χ1) is 9.75. The number of alkyl carbamates (subject to hydrolysis) is 1. The molecule has 0 heterocycles. The number of ether oxygens (including phenoxy) is 3. The van der Waals surface area contributed by atoms with Gasteiger partial charge in [-0.15, -0.1) is 0 Å². The number of rotatable bonds is 5. The Hall–Kier alpha value is -1.91. The lowest BCUT2D eigenvalue weighted by atomic mass is 10.1. The highest BCUT2D eigenvalue weighted by Gasteiger charge is 2.18. The van der Waals surface area contributed by atoms with Crippen LogP contribution in [0.4, 0.5) is 4.79 Å². The van der Waals surface area contributed by atoms with Crippen LogP contribution in [-0.2, 0) is 11.2 Å². The molecule has 0 saturated carbocycles. The standard InChI is InChI=1S/C16H25NO4/c1-11(17-15(18)21-16(2,3)4)9-12-7-8-13(19-5)14(10-12)20-6/h7-8,10-11H,9H2,1-6H3,(H,17,18)/t11-/m0/s1. The minimum Gasteiger partial charge on any atom is -0.493 e. The number of hydrogen-bond donors (Lipinski definition) is 1. The van der Waals surface area contributed by atoms with E-state index < -0.39 is 11.7 Å². The Morgan fingerprint density at radius 3 is 2.33 bits per heavy atom. The molecule has 1 N–H and O–H groups in total. The minimum atomic E-state index is -0.493. The largest absolute Gasteiger partial charge is 0.493 e. The van der Waals surface area contributed by atoms with Gasteiger partial charge in [-0.2, -0.15) is 0 Å². The molecular weight excluding hydrogens is 270 g/mol. The van der Waals surface area contributed by atoms with Crippen molar-refractivity contribution in [2.75, 3.05) is 14.2 Å². The van der Waals surface area contributed by atoms with E-state index in [4.69, 9.17) is 14.2 Å². The van der Waals surface area contributed by atoms with E-state index in [1.165, 1.54) is 0 Å². The van der Waals surface area contributed by atoms with Crippen molar-refractivity contribution >= 4 is 6.09 Å². The van der Waals surface area contributed by atoms with Crippen molar-refractivity contribution in [2.24, 2.45) is 0 Å². The van der Waals surface area contributed by atoms with Crippen LogP contribution in [0.2, 0.25) is 0 Å². The highest BCUT2D eigenvalue weighted by atomic mass is 16.6. The van der Waals surface area contributed by atoms with Crippen molar-refractivity contribution in [2.45, 2.75) is 45.8 Å². The van der Waals surface area contributed by atoms with Gasteiger partial charge in [-0.05, 0) is 51.8 Å². The second-order valence-electron chi connectivity index (χ2n) is 5.94. The van der Waals surface area contributed by atoms with Crippen molar-refractivity contribution in [1.29, 1.82) is 0 Å². The molecule has 0 radical (unpaired) electrons. The molecule has 0 aliphatic rings. The van der Waals surface area contributed by atoms with Gasteiger partial charge in [0.2, 0.25) is 0 Å². The SMILES string of the molecule is COc1ccc(C[C@H](C)NC(=O)OC(C)(C)C)cc1OC. The van der Waals surface area contributed by atoms with Gasteiger partial charge in [0.05, 0.1) is 14.2 Å². The molecule has 0 fully saturated rings. The smallest absolute Gasteiger partial charge is 0.407 e. The van der Waals surface area contributed by atoms with E-state index in [-0.39, 0.29) is 6.04 Å². The minimum absolute atomic E-state index is 0.0436. The summed E-state index contributed by atoms with van der Waals surface area (Å²) in [6.07, 6.45) is 0.273. The molecule has 0 aliphatic heterocycles. The van der Waals surface area contributed by atoms with E-state index in [0.717, 1.165) is 5.56 Å². The maximum absolute atomic E-state index is 11.7. The Morgan fingerprint density at radius 1 is 1.19 bits per heavy atom. The van der Waals surface area contributed by atoms with Crippen molar-refractivity contribution in [3.8, 4) is 11.5 Å². The molecule has 0 saturated heterocycles. The molecule has 0 aromatic heterocycles. The summed E-state index contributed by atoms with van der Waals surface area (Å²) in [5, 5.41) is 2.82. The number of carbonyl (C=O) groups excluding carboxylic acids is 1. The molecule has 1 aromatic carbocycles. The topological polar surface area (TPSA) is 56.8 Å². The quantitative estimate of drug-likeness (QED) is 0.906. The van der Waals surface area contributed by atoms with E-state index in [9.17, 15) is 4.79 Å². The van der Waals surface area contributed by atoms with Crippen molar-refractivity contribution in [1.82, 2.24) is 5.32 Å². The normalized spacial score (nSPS) is 12.5. The van der Waals surface area contributed by atoms with E-state index in [1.54, 1.807) is 14.2 Å². The van der Waals surface area contributed by atoms with Crippen LogP contribution in [0.3, 0.4) is 0 Å². The van der Waals surface area contributed by atoms with Gasteiger partial charge in [-0.3, -0.25) is 0 Å². The van der Waals surface area contributed by atoms with Gasteiger partial charge >= 0.3 is 6.09 Å². The highest BCUT2D eigenvalue weighted by molar-refractivity contribution is 5.68. The Morgan fingerprint density at radius 2 is 1.81 bits per heavy atom. The first-order valence-corrected chi connectivity index (χ1v) is 6.95. The Labute approximate surface area is 126 Å². The van der Waals surface area contributed by atoms with E-state index in [1.807, 2.05) is 45.9 Å². The fourth-order valence-corrected chi connectivity index (χ4v) is 1.92. The molecule has 0 spiro atoms. The predicted octanol–water partition coefficient (Wildman–Crippen LogP) is 3.16. The van der Waals surface area contributed by atoms with Crippen LogP contribution < -0.4 is 14.8 Å². The van der Waals surface area contributed by atoms with Crippen LogP contribution in [0, 0.1) is 0 Å². The molecule has 0 bridgehead atoms. The highest BCUT2D eigenvalue weighted by Crippen LogP contribution is 2.27. The number of amides is 1.